The van der Waals surface area contributed by atoms with Crippen molar-refractivity contribution in [1.82, 2.24) is 0 Å². The molecule has 0 saturated carbocycles. The van der Waals surface area contributed by atoms with Gasteiger partial charge in [-0.15, -0.1) is 12.6 Å². The van der Waals surface area contributed by atoms with Gasteiger partial charge < -0.3 is 9.47 Å². The van der Waals surface area contributed by atoms with Crippen LogP contribution in [0.3, 0.4) is 0 Å². The Morgan fingerprint density at radius 2 is 1.74 bits per heavy atom. The van der Waals surface area contributed by atoms with Gasteiger partial charge in [0, 0.05) is 4.90 Å². The highest BCUT2D eigenvalue weighted by Crippen LogP contribution is 2.30. The number of rotatable bonds is 3. The Morgan fingerprint density at radius 1 is 1.05 bits per heavy atom. The van der Waals surface area contributed by atoms with Crippen LogP contribution in [0, 0.1) is 0 Å². The van der Waals surface area contributed by atoms with Gasteiger partial charge in [0.2, 0.25) is 0 Å². The molecule has 98 valence electrons. The van der Waals surface area contributed by atoms with E-state index >= 15 is 0 Å². The molecule has 0 atom stereocenters. The predicted octanol–water partition coefficient (Wildman–Crippen LogP) is 3.44. The van der Waals surface area contributed by atoms with Crippen LogP contribution >= 0.6 is 12.6 Å². The van der Waals surface area contributed by atoms with Gasteiger partial charge in [0.25, 0.3) is 0 Å². The third-order valence-corrected chi connectivity index (χ3v) is 3.21. The third-order valence-electron chi connectivity index (χ3n) is 2.83. The SMILES string of the molecule is COC(=O)c1c(S)cccc1-c1ccc(OC)cc1. The van der Waals surface area contributed by atoms with Crippen LogP contribution in [0.4, 0.5) is 0 Å². The zero-order valence-electron chi connectivity index (χ0n) is 10.7. The summed E-state index contributed by atoms with van der Waals surface area (Å²) in [6, 6.07) is 13.0. The molecule has 2 aromatic carbocycles. The minimum absolute atomic E-state index is 0.392. The highest BCUT2D eigenvalue weighted by Gasteiger charge is 2.16. The molecular formula is C15H14O3S. The Hall–Kier alpha value is -1.94. The van der Waals surface area contributed by atoms with Gasteiger partial charge in [-0.2, -0.15) is 0 Å². The number of benzene rings is 2. The van der Waals surface area contributed by atoms with Crippen molar-refractivity contribution in [3.05, 3.63) is 48.0 Å². The molecule has 0 spiro atoms. The van der Waals surface area contributed by atoms with Crippen molar-refractivity contribution >= 4 is 18.6 Å². The van der Waals surface area contributed by atoms with Gasteiger partial charge >= 0.3 is 5.97 Å². The van der Waals surface area contributed by atoms with Crippen LogP contribution in [0.15, 0.2) is 47.4 Å². The summed E-state index contributed by atoms with van der Waals surface area (Å²) in [5.74, 6) is 0.377. The maximum atomic E-state index is 11.9. The fourth-order valence-corrected chi connectivity index (χ4v) is 2.17. The number of thiol groups is 1. The van der Waals surface area contributed by atoms with E-state index in [-0.39, 0.29) is 0 Å². The van der Waals surface area contributed by atoms with E-state index in [4.69, 9.17) is 9.47 Å². The van der Waals surface area contributed by atoms with Crippen LogP contribution in [-0.4, -0.2) is 20.2 Å². The third kappa shape index (κ3) is 2.74. The molecule has 0 unspecified atom stereocenters. The maximum Gasteiger partial charge on any atom is 0.339 e. The Morgan fingerprint density at radius 3 is 2.32 bits per heavy atom. The van der Waals surface area contributed by atoms with Gasteiger partial charge in [-0.1, -0.05) is 24.3 Å². The smallest absolute Gasteiger partial charge is 0.339 e. The summed E-state index contributed by atoms with van der Waals surface area (Å²) in [5, 5.41) is 0. The lowest BCUT2D eigenvalue weighted by Gasteiger charge is -2.11. The molecule has 3 nitrogen and oxygen atoms in total. The normalized spacial score (nSPS) is 10.1. The first-order valence-corrected chi connectivity index (χ1v) is 6.17. The molecule has 2 aromatic rings. The number of carbonyl (C=O) groups is 1. The van der Waals surface area contributed by atoms with Gasteiger partial charge in [0.1, 0.15) is 5.75 Å². The summed E-state index contributed by atoms with van der Waals surface area (Å²) in [5.41, 5.74) is 2.18. The molecule has 0 aliphatic carbocycles. The first-order valence-electron chi connectivity index (χ1n) is 5.72. The van der Waals surface area contributed by atoms with E-state index in [1.165, 1.54) is 7.11 Å². The van der Waals surface area contributed by atoms with Crippen LogP contribution in [0.5, 0.6) is 5.75 Å². The molecule has 0 heterocycles. The molecule has 0 bridgehead atoms. The molecule has 4 heteroatoms. The Bertz CT molecular complexity index is 591. The lowest BCUT2D eigenvalue weighted by Crippen LogP contribution is -2.05. The molecule has 2 rings (SSSR count). The number of carbonyl (C=O) groups excluding carboxylic acids is 1. The molecule has 0 radical (unpaired) electrons. The van der Waals surface area contributed by atoms with E-state index < -0.39 is 5.97 Å². The summed E-state index contributed by atoms with van der Waals surface area (Å²) in [7, 11) is 2.98. The summed E-state index contributed by atoms with van der Waals surface area (Å²) >= 11 is 4.32. The minimum atomic E-state index is -0.392. The first kappa shape index (κ1) is 13.5. The molecule has 0 fully saturated rings. The van der Waals surface area contributed by atoms with Gasteiger partial charge in [-0.05, 0) is 29.3 Å². The zero-order chi connectivity index (χ0) is 13.8. The van der Waals surface area contributed by atoms with Crippen molar-refractivity contribution in [2.75, 3.05) is 14.2 Å². The second-order valence-corrected chi connectivity index (χ2v) is 4.40. The lowest BCUT2D eigenvalue weighted by atomic mass is 9.99. The van der Waals surface area contributed by atoms with E-state index in [9.17, 15) is 4.79 Å². The maximum absolute atomic E-state index is 11.9. The highest BCUT2D eigenvalue weighted by atomic mass is 32.1. The van der Waals surface area contributed by atoms with Gasteiger partial charge in [0.15, 0.2) is 0 Å². The number of hydrogen-bond acceptors (Lipinski definition) is 4. The van der Waals surface area contributed by atoms with E-state index in [0.717, 1.165) is 16.9 Å². The Labute approximate surface area is 117 Å². The Balaban J connectivity index is 2.54. The lowest BCUT2D eigenvalue weighted by molar-refractivity contribution is 0.0598. The average molecular weight is 274 g/mol. The van der Waals surface area contributed by atoms with Crippen molar-refractivity contribution in [3.63, 3.8) is 0 Å². The second-order valence-electron chi connectivity index (χ2n) is 3.92. The fraction of sp³-hybridized carbons (Fsp3) is 0.133. The van der Waals surface area contributed by atoms with Gasteiger partial charge in [-0.3, -0.25) is 0 Å². The van der Waals surface area contributed by atoms with Gasteiger partial charge in [0.05, 0.1) is 19.8 Å². The molecular weight excluding hydrogens is 260 g/mol. The number of ether oxygens (including phenoxy) is 2. The van der Waals surface area contributed by atoms with Crippen molar-refractivity contribution in [1.29, 1.82) is 0 Å². The van der Waals surface area contributed by atoms with Crippen LogP contribution in [0.2, 0.25) is 0 Å². The molecule has 0 aliphatic rings. The van der Waals surface area contributed by atoms with Crippen molar-refractivity contribution in [2.24, 2.45) is 0 Å². The molecule has 0 N–H and O–H groups in total. The second kappa shape index (κ2) is 5.80. The van der Waals surface area contributed by atoms with E-state index in [1.807, 2.05) is 36.4 Å². The Kier molecular flexibility index (Phi) is 4.12. The van der Waals surface area contributed by atoms with Crippen LogP contribution < -0.4 is 4.74 Å². The van der Waals surface area contributed by atoms with Crippen molar-refractivity contribution in [3.8, 4) is 16.9 Å². The zero-order valence-corrected chi connectivity index (χ0v) is 11.6. The van der Waals surface area contributed by atoms with Crippen molar-refractivity contribution in [2.45, 2.75) is 4.90 Å². The number of hydrogen-bond donors (Lipinski definition) is 1. The quantitative estimate of drug-likeness (QED) is 0.688. The van der Waals surface area contributed by atoms with E-state index in [0.29, 0.717) is 10.5 Å². The van der Waals surface area contributed by atoms with E-state index in [1.54, 1.807) is 13.2 Å². The van der Waals surface area contributed by atoms with Crippen LogP contribution in [0.1, 0.15) is 10.4 Å². The standard InChI is InChI=1S/C15H14O3S/c1-17-11-8-6-10(7-9-11)12-4-3-5-13(19)14(12)15(16)18-2/h3-9,19H,1-2H3. The fourth-order valence-electron chi connectivity index (χ4n) is 1.87. The molecule has 0 aromatic heterocycles. The number of methoxy groups -OCH3 is 2. The summed E-state index contributed by atoms with van der Waals surface area (Å²) < 4.78 is 9.93. The first-order chi connectivity index (χ1) is 9.17. The molecule has 0 amide bonds. The number of esters is 1. The van der Waals surface area contributed by atoms with Crippen LogP contribution in [-0.2, 0) is 4.74 Å². The monoisotopic (exact) mass is 274 g/mol. The average Bonchev–Trinajstić information content (AvgIpc) is 2.46. The summed E-state index contributed by atoms with van der Waals surface area (Å²) in [6.45, 7) is 0. The summed E-state index contributed by atoms with van der Waals surface area (Å²) in [4.78, 5) is 12.5. The van der Waals surface area contributed by atoms with Gasteiger partial charge in [-0.25, -0.2) is 4.79 Å². The van der Waals surface area contributed by atoms with Crippen molar-refractivity contribution < 1.29 is 14.3 Å². The highest BCUT2D eigenvalue weighted by molar-refractivity contribution is 7.80. The minimum Gasteiger partial charge on any atom is -0.497 e. The molecule has 0 aliphatic heterocycles. The predicted molar refractivity (Wildman–Crippen MR) is 77.0 cm³/mol. The molecule has 0 saturated heterocycles. The van der Waals surface area contributed by atoms with Crippen LogP contribution in [0.25, 0.3) is 11.1 Å². The largest absolute Gasteiger partial charge is 0.497 e. The molecule has 19 heavy (non-hydrogen) atoms. The van der Waals surface area contributed by atoms with E-state index in [2.05, 4.69) is 12.6 Å². The topological polar surface area (TPSA) is 35.5 Å². The summed E-state index contributed by atoms with van der Waals surface area (Å²) in [6.07, 6.45) is 0.